The van der Waals surface area contributed by atoms with Crippen molar-refractivity contribution in [1.29, 1.82) is 0 Å². The molecule has 0 atom stereocenters. The van der Waals surface area contributed by atoms with Gasteiger partial charge in [0.2, 0.25) is 0 Å². The molecule has 0 aliphatic carbocycles. The van der Waals surface area contributed by atoms with Crippen molar-refractivity contribution in [2.45, 2.75) is 13.8 Å². The minimum Gasteiger partial charge on any atom is -0.497 e. The minimum absolute atomic E-state index is 0.137. The maximum absolute atomic E-state index is 9.19. The lowest BCUT2D eigenvalue weighted by Gasteiger charge is -2.23. The Balaban J connectivity index is 2.77. The highest BCUT2D eigenvalue weighted by atomic mass is 16.5. The molecule has 0 radical (unpaired) electrons. The van der Waals surface area contributed by atoms with E-state index in [9.17, 15) is 5.11 Å². The second kappa shape index (κ2) is 5.77. The SMILES string of the molecule is COc1ccc(NCC(C)(C)CO)c(OC)c1. The Morgan fingerprint density at radius 1 is 1.24 bits per heavy atom. The van der Waals surface area contributed by atoms with Crippen molar-refractivity contribution in [2.75, 3.05) is 32.7 Å². The number of nitrogens with one attached hydrogen (secondary N) is 1. The van der Waals surface area contributed by atoms with Crippen LogP contribution in [0, 0.1) is 5.41 Å². The van der Waals surface area contributed by atoms with Crippen molar-refractivity contribution < 1.29 is 14.6 Å². The van der Waals surface area contributed by atoms with Gasteiger partial charge in [-0.05, 0) is 12.1 Å². The van der Waals surface area contributed by atoms with E-state index < -0.39 is 0 Å². The van der Waals surface area contributed by atoms with E-state index in [1.54, 1.807) is 14.2 Å². The second-order valence-electron chi connectivity index (χ2n) is 4.74. The molecule has 0 saturated carbocycles. The zero-order valence-electron chi connectivity index (χ0n) is 10.9. The summed E-state index contributed by atoms with van der Waals surface area (Å²) < 4.78 is 10.4. The van der Waals surface area contributed by atoms with Crippen molar-refractivity contribution >= 4 is 5.69 Å². The van der Waals surface area contributed by atoms with Crippen LogP contribution in [0.2, 0.25) is 0 Å². The van der Waals surface area contributed by atoms with Gasteiger partial charge in [0.15, 0.2) is 0 Å². The average molecular weight is 239 g/mol. The standard InChI is InChI=1S/C13H21NO3/c1-13(2,9-15)8-14-11-6-5-10(16-3)7-12(11)17-4/h5-7,14-15H,8-9H2,1-4H3. The first-order chi connectivity index (χ1) is 8.02. The smallest absolute Gasteiger partial charge is 0.145 e. The fourth-order valence-electron chi connectivity index (χ4n) is 1.33. The monoisotopic (exact) mass is 239 g/mol. The van der Waals surface area contributed by atoms with Crippen molar-refractivity contribution in [2.24, 2.45) is 5.41 Å². The summed E-state index contributed by atoms with van der Waals surface area (Å²) in [5.74, 6) is 1.49. The van der Waals surface area contributed by atoms with Gasteiger partial charge in [-0.1, -0.05) is 13.8 Å². The van der Waals surface area contributed by atoms with E-state index in [-0.39, 0.29) is 12.0 Å². The van der Waals surface area contributed by atoms with Gasteiger partial charge in [0.05, 0.1) is 19.9 Å². The predicted octanol–water partition coefficient (Wildman–Crippen LogP) is 2.13. The van der Waals surface area contributed by atoms with Crippen LogP contribution in [0.25, 0.3) is 0 Å². The van der Waals surface area contributed by atoms with Crippen LogP contribution in [0.4, 0.5) is 5.69 Å². The van der Waals surface area contributed by atoms with E-state index in [1.807, 2.05) is 32.0 Å². The van der Waals surface area contributed by atoms with Gasteiger partial charge in [0.25, 0.3) is 0 Å². The molecule has 0 bridgehead atoms. The molecule has 4 heteroatoms. The van der Waals surface area contributed by atoms with E-state index >= 15 is 0 Å². The minimum atomic E-state index is -0.162. The maximum Gasteiger partial charge on any atom is 0.145 e. The van der Waals surface area contributed by atoms with Gasteiger partial charge in [0, 0.05) is 24.6 Å². The molecule has 0 saturated heterocycles. The Kier molecular flexibility index (Phi) is 4.63. The third-order valence-electron chi connectivity index (χ3n) is 2.59. The molecule has 0 spiro atoms. The molecule has 1 aromatic rings. The first kappa shape index (κ1) is 13.6. The molecule has 1 rings (SSSR count). The number of hydrogen-bond donors (Lipinski definition) is 2. The summed E-state index contributed by atoms with van der Waals surface area (Å²) in [6, 6.07) is 5.61. The summed E-state index contributed by atoms with van der Waals surface area (Å²) >= 11 is 0. The Morgan fingerprint density at radius 3 is 2.47 bits per heavy atom. The zero-order chi connectivity index (χ0) is 12.9. The number of aliphatic hydroxyl groups is 1. The van der Waals surface area contributed by atoms with Gasteiger partial charge >= 0.3 is 0 Å². The zero-order valence-corrected chi connectivity index (χ0v) is 10.9. The highest BCUT2D eigenvalue weighted by Gasteiger charge is 2.16. The van der Waals surface area contributed by atoms with E-state index in [0.29, 0.717) is 6.54 Å². The number of methoxy groups -OCH3 is 2. The molecule has 17 heavy (non-hydrogen) atoms. The molecule has 0 unspecified atom stereocenters. The van der Waals surface area contributed by atoms with Crippen LogP contribution in [0.15, 0.2) is 18.2 Å². The lowest BCUT2D eigenvalue weighted by atomic mass is 9.95. The van der Waals surface area contributed by atoms with E-state index in [4.69, 9.17) is 9.47 Å². The quantitative estimate of drug-likeness (QED) is 0.798. The third kappa shape index (κ3) is 3.82. The van der Waals surface area contributed by atoms with Crippen LogP contribution in [0.3, 0.4) is 0 Å². The normalized spacial score (nSPS) is 11.1. The molecule has 0 heterocycles. The van der Waals surface area contributed by atoms with Crippen LogP contribution >= 0.6 is 0 Å². The molecule has 0 amide bonds. The lowest BCUT2D eigenvalue weighted by Crippen LogP contribution is -2.26. The van der Waals surface area contributed by atoms with Crippen molar-refractivity contribution in [3.8, 4) is 11.5 Å². The fourth-order valence-corrected chi connectivity index (χ4v) is 1.33. The van der Waals surface area contributed by atoms with Gasteiger partial charge in [-0.15, -0.1) is 0 Å². The summed E-state index contributed by atoms with van der Waals surface area (Å²) in [6.07, 6.45) is 0. The van der Waals surface area contributed by atoms with Crippen LogP contribution in [0.5, 0.6) is 11.5 Å². The first-order valence-corrected chi connectivity index (χ1v) is 5.59. The molecule has 96 valence electrons. The first-order valence-electron chi connectivity index (χ1n) is 5.59. The van der Waals surface area contributed by atoms with E-state index in [1.165, 1.54) is 0 Å². The molecule has 0 aromatic heterocycles. The van der Waals surface area contributed by atoms with Gasteiger partial charge < -0.3 is 19.9 Å². The Hall–Kier alpha value is -1.42. The lowest BCUT2D eigenvalue weighted by molar-refractivity contribution is 0.170. The summed E-state index contributed by atoms with van der Waals surface area (Å²) in [4.78, 5) is 0. The predicted molar refractivity (Wildman–Crippen MR) is 68.9 cm³/mol. The molecule has 0 aliphatic heterocycles. The number of ether oxygens (including phenoxy) is 2. The topological polar surface area (TPSA) is 50.7 Å². The number of rotatable bonds is 6. The molecule has 0 aliphatic rings. The van der Waals surface area contributed by atoms with Crippen LogP contribution in [-0.4, -0.2) is 32.5 Å². The van der Waals surface area contributed by atoms with Crippen molar-refractivity contribution in [3.63, 3.8) is 0 Å². The van der Waals surface area contributed by atoms with E-state index in [2.05, 4.69) is 5.32 Å². The van der Waals surface area contributed by atoms with Gasteiger partial charge in [0.1, 0.15) is 11.5 Å². The maximum atomic E-state index is 9.19. The fraction of sp³-hybridized carbons (Fsp3) is 0.538. The number of benzene rings is 1. The molecular formula is C13H21NO3. The van der Waals surface area contributed by atoms with Crippen LogP contribution in [-0.2, 0) is 0 Å². The highest BCUT2D eigenvalue weighted by molar-refractivity contribution is 5.59. The second-order valence-corrected chi connectivity index (χ2v) is 4.74. The third-order valence-corrected chi connectivity index (χ3v) is 2.59. The van der Waals surface area contributed by atoms with Crippen LogP contribution < -0.4 is 14.8 Å². The van der Waals surface area contributed by atoms with Gasteiger partial charge in [-0.2, -0.15) is 0 Å². The Bertz CT molecular complexity index is 364. The Morgan fingerprint density at radius 2 is 1.94 bits per heavy atom. The number of aliphatic hydroxyl groups excluding tert-OH is 1. The highest BCUT2D eigenvalue weighted by Crippen LogP contribution is 2.29. The van der Waals surface area contributed by atoms with Crippen molar-refractivity contribution in [1.82, 2.24) is 0 Å². The molecule has 0 fully saturated rings. The van der Waals surface area contributed by atoms with Gasteiger partial charge in [-0.25, -0.2) is 0 Å². The van der Waals surface area contributed by atoms with Gasteiger partial charge in [-0.3, -0.25) is 0 Å². The van der Waals surface area contributed by atoms with E-state index in [0.717, 1.165) is 17.2 Å². The van der Waals surface area contributed by atoms with Crippen molar-refractivity contribution in [3.05, 3.63) is 18.2 Å². The summed E-state index contributed by atoms with van der Waals surface area (Å²) in [6.45, 7) is 4.80. The Labute approximate surface area is 103 Å². The average Bonchev–Trinajstić information content (AvgIpc) is 2.36. The number of hydrogen-bond acceptors (Lipinski definition) is 4. The molecule has 2 N–H and O–H groups in total. The summed E-state index contributed by atoms with van der Waals surface area (Å²) in [5.41, 5.74) is 0.736. The summed E-state index contributed by atoms with van der Waals surface area (Å²) in [7, 11) is 3.24. The molecule has 4 nitrogen and oxygen atoms in total. The number of anilines is 1. The molecular weight excluding hydrogens is 218 g/mol. The molecule has 1 aromatic carbocycles. The van der Waals surface area contributed by atoms with Crippen LogP contribution in [0.1, 0.15) is 13.8 Å². The largest absolute Gasteiger partial charge is 0.497 e. The summed E-state index contributed by atoms with van der Waals surface area (Å²) in [5, 5.41) is 12.5.